The van der Waals surface area contributed by atoms with Crippen molar-refractivity contribution in [3.8, 4) is 0 Å². The van der Waals surface area contributed by atoms with E-state index >= 15 is 0 Å². The summed E-state index contributed by atoms with van der Waals surface area (Å²) >= 11 is 1.55. The van der Waals surface area contributed by atoms with Crippen molar-refractivity contribution in [2.24, 2.45) is 0 Å². The molecule has 0 radical (unpaired) electrons. The number of amides is 1. The summed E-state index contributed by atoms with van der Waals surface area (Å²) in [4.78, 5) is 23.9. The molecule has 0 unspecified atom stereocenters. The van der Waals surface area contributed by atoms with Crippen molar-refractivity contribution < 1.29 is 9.21 Å². The average Bonchev–Trinajstić information content (AvgIpc) is 3.46. The third kappa shape index (κ3) is 4.67. The first-order valence-electron chi connectivity index (χ1n) is 10.3. The van der Waals surface area contributed by atoms with Gasteiger partial charge in [-0.1, -0.05) is 13.8 Å². The number of hydrogen-bond donors (Lipinski definition) is 1. The maximum absolute atomic E-state index is 13.0. The summed E-state index contributed by atoms with van der Waals surface area (Å²) in [5.41, 5.74) is 2.77. The lowest BCUT2D eigenvalue weighted by atomic mass is 10.1. The first-order valence-corrected chi connectivity index (χ1v) is 11.1. The van der Waals surface area contributed by atoms with Crippen molar-refractivity contribution >= 4 is 28.1 Å². The predicted octanol–water partition coefficient (Wildman–Crippen LogP) is 4.39. The normalized spacial score (nSPS) is 16.4. The van der Waals surface area contributed by atoms with E-state index in [1.807, 2.05) is 43.2 Å². The van der Waals surface area contributed by atoms with Crippen LogP contribution in [-0.2, 0) is 11.2 Å². The summed E-state index contributed by atoms with van der Waals surface area (Å²) in [7, 11) is 0. The van der Waals surface area contributed by atoms with Crippen LogP contribution >= 0.6 is 11.3 Å². The molecule has 1 fully saturated rings. The van der Waals surface area contributed by atoms with Gasteiger partial charge in [0.05, 0.1) is 11.7 Å². The number of aryl methyl sites for hydroxylation is 2. The van der Waals surface area contributed by atoms with Gasteiger partial charge in [-0.2, -0.15) is 0 Å². The summed E-state index contributed by atoms with van der Waals surface area (Å²) in [6.45, 7) is 6.72. The summed E-state index contributed by atoms with van der Waals surface area (Å²) in [6, 6.07) is 4.01. The molecule has 9 heteroatoms. The maximum Gasteiger partial charge on any atom is 0.223 e. The smallest absolute Gasteiger partial charge is 0.223 e. The first kappa shape index (κ1) is 20.5. The highest BCUT2D eigenvalue weighted by molar-refractivity contribution is 7.13. The van der Waals surface area contributed by atoms with Gasteiger partial charge in [0.25, 0.3) is 0 Å². The number of anilines is 2. The molecular weight excluding hydrogens is 400 g/mol. The number of carbonyl (C=O) groups excluding carboxylic acids is 1. The van der Waals surface area contributed by atoms with E-state index in [2.05, 4.69) is 20.5 Å². The molecule has 1 aliphatic rings. The Kier molecular flexibility index (Phi) is 6.08. The van der Waals surface area contributed by atoms with Gasteiger partial charge in [-0.25, -0.2) is 4.98 Å². The molecular formula is C21H26N6O2S. The van der Waals surface area contributed by atoms with Gasteiger partial charge in [0.1, 0.15) is 0 Å². The Morgan fingerprint density at radius 3 is 2.97 bits per heavy atom. The van der Waals surface area contributed by atoms with Crippen molar-refractivity contribution in [3.05, 3.63) is 46.9 Å². The third-order valence-corrected chi connectivity index (χ3v) is 5.79. The second-order valence-corrected chi connectivity index (χ2v) is 8.71. The number of carbonyl (C=O) groups is 1. The van der Waals surface area contributed by atoms with E-state index in [4.69, 9.17) is 9.40 Å². The standard InChI is InChI=1S/C21H26N6O2S/c1-13(2)20-26-25-18(29-20)6-7-19(28)27-9-4-5-17(27)16-12-15(11-14(3)23-16)24-21-22-8-10-30-21/h8,10-13,17H,4-7,9H2,1-3H3,(H,22,23,24)/t17-/m1/s1. The molecule has 158 valence electrons. The quantitative estimate of drug-likeness (QED) is 0.598. The molecule has 0 spiro atoms. The first-order chi connectivity index (χ1) is 14.5. The molecule has 1 N–H and O–H groups in total. The van der Waals surface area contributed by atoms with Crippen LogP contribution in [0.2, 0.25) is 0 Å². The number of rotatable bonds is 7. The molecule has 4 heterocycles. The fourth-order valence-corrected chi connectivity index (χ4v) is 4.23. The summed E-state index contributed by atoms with van der Waals surface area (Å²) in [5, 5.41) is 14.2. The zero-order chi connectivity index (χ0) is 21.1. The van der Waals surface area contributed by atoms with E-state index in [-0.39, 0.29) is 17.9 Å². The molecule has 4 rings (SSSR count). The van der Waals surface area contributed by atoms with Crippen LogP contribution in [0.4, 0.5) is 10.8 Å². The van der Waals surface area contributed by atoms with Crippen molar-refractivity contribution in [1.82, 2.24) is 25.1 Å². The van der Waals surface area contributed by atoms with E-state index in [1.165, 1.54) is 0 Å². The SMILES string of the molecule is Cc1cc(Nc2nccs2)cc([C@H]2CCCN2C(=O)CCc2nnc(C(C)C)o2)n1. The zero-order valence-corrected chi connectivity index (χ0v) is 18.3. The topological polar surface area (TPSA) is 97.0 Å². The van der Waals surface area contributed by atoms with Gasteiger partial charge in [0, 0.05) is 48.3 Å². The number of pyridine rings is 1. The van der Waals surface area contributed by atoms with E-state index in [1.54, 1.807) is 17.5 Å². The maximum atomic E-state index is 13.0. The predicted molar refractivity (Wildman–Crippen MR) is 115 cm³/mol. The molecule has 0 aliphatic carbocycles. The van der Waals surface area contributed by atoms with Crippen LogP contribution in [0.15, 0.2) is 28.1 Å². The Morgan fingerprint density at radius 1 is 1.37 bits per heavy atom. The number of nitrogens with zero attached hydrogens (tertiary/aromatic N) is 5. The van der Waals surface area contributed by atoms with Crippen LogP contribution in [-0.4, -0.2) is 37.5 Å². The third-order valence-electron chi connectivity index (χ3n) is 5.10. The minimum Gasteiger partial charge on any atom is -0.425 e. The molecule has 30 heavy (non-hydrogen) atoms. The minimum absolute atomic E-state index is 0.0110. The summed E-state index contributed by atoms with van der Waals surface area (Å²) < 4.78 is 5.63. The molecule has 1 aliphatic heterocycles. The van der Waals surface area contributed by atoms with E-state index < -0.39 is 0 Å². The summed E-state index contributed by atoms with van der Waals surface area (Å²) in [6.07, 6.45) is 4.47. The fraction of sp³-hybridized carbons (Fsp3) is 0.476. The van der Waals surface area contributed by atoms with E-state index in [0.29, 0.717) is 24.6 Å². The molecule has 3 aromatic rings. The van der Waals surface area contributed by atoms with E-state index in [0.717, 1.165) is 41.6 Å². The highest BCUT2D eigenvalue weighted by atomic mass is 32.1. The molecule has 0 bridgehead atoms. The molecule has 1 atom stereocenters. The van der Waals surface area contributed by atoms with Crippen molar-refractivity contribution in [3.63, 3.8) is 0 Å². The van der Waals surface area contributed by atoms with E-state index in [9.17, 15) is 4.79 Å². The Bertz CT molecular complexity index is 1000. The highest BCUT2D eigenvalue weighted by Gasteiger charge is 2.31. The number of nitrogens with one attached hydrogen (secondary N) is 1. The Morgan fingerprint density at radius 2 is 2.23 bits per heavy atom. The monoisotopic (exact) mass is 426 g/mol. The largest absolute Gasteiger partial charge is 0.425 e. The van der Waals surface area contributed by atoms with Gasteiger partial charge in [-0.15, -0.1) is 21.5 Å². The number of hydrogen-bond acceptors (Lipinski definition) is 8. The van der Waals surface area contributed by atoms with Crippen LogP contribution < -0.4 is 5.32 Å². The molecule has 0 aromatic carbocycles. The molecule has 8 nitrogen and oxygen atoms in total. The van der Waals surface area contributed by atoms with Crippen molar-refractivity contribution in [1.29, 1.82) is 0 Å². The second kappa shape index (κ2) is 8.91. The Balaban J connectivity index is 1.44. The number of likely N-dealkylation sites (tertiary alicyclic amines) is 1. The minimum atomic E-state index is -0.0110. The van der Waals surface area contributed by atoms with Gasteiger partial charge < -0.3 is 14.6 Å². The van der Waals surface area contributed by atoms with Crippen LogP contribution in [0.1, 0.15) is 68.2 Å². The number of aromatic nitrogens is 4. The van der Waals surface area contributed by atoms with Gasteiger partial charge in [-0.05, 0) is 31.9 Å². The number of thiazole rings is 1. The Labute approximate surface area is 179 Å². The van der Waals surface area contributed by atoms with Gasteiger partial charge in [0.2, 0.25) is 17.7 Å². The Hall–Kier alpha value is -2.81. The summed E-state index contributed by atoms with van der Waals surface area (Å²) in [5.74, 6) is 1.41. The van der Waals surface area contributed by atoms with Gasteiger partial charge in [-0.3, -0.25) is 9.78 Å². The molecule has 0 saturated carbocycles. The van der Waals surface area contributed by atoms with Crippen LogP contribution in [0.3, 0.4) is 0 Å². The van der Waals surface area contributed by atoms with Crippen molar-refractivity contribution in [2.75, 3.05) is 11.9 Å². The van der Waals surface area contributed by atoms with Crippen molar-refractivity contribution in [2.45, 2.75) is 58.4 Å². The highest BCUT2D eigenvalue weighted by Crippen LogP contribution is 2.33. The van der Waals surface area contributed by atoms with Crippen LogP contribution in [0.5, 0.6) is 0 Å². The zero-order valence-electron chi connectivity index (χ0n) is 17.5. The van der Waals surface area contributed by atoms with Crippen LogP contribution in [0.25, 0.3) is 0 Å². The molecule has 3 aromatic heterocycles. The average molecular weight is 427 g/mol. The van der Waals surface area contributed by atoms with Gasteiger partial charge >= 0.3 is 0 Å². The lowest BCUT2D eigenvalue weighted by Gasteiger charge is -2.25. The lowest BCUT2D eigenvalue weighted by molar-refractivity contribution is -0.132. The van der Waals surface area contributed by atoms with Crippen LogP contribution in [0, 0.1) is 6.92 Å². The lowest BCUT2D eigenvalue weighted by Crippen LogP contribution is -2.31. The second-order valence-electron chi connectivity index (χ2n) is 7.82. The van der Waals surface area contributed by atoms with Gasteiger partial charge in [0.15, 0.2) is 5.13 Å². The molecule has 1 saturated heterocycles. The fourth-order valence-electron chi connectivity index (χ4n) is 3.68. The molecule has 1 amide bonds.